The van der Waals surface area contributed by atoms with Gasteiger partial charge in [0.25, 0.3) is 0 Å². The Morgan fingerprint density at radius 2 is 1.75 bits per heavy atom. The van der Waals surface area contributed by atoms with E-state index < -0.39 is 0 Å². The standard InChI is InChI=1S/C12H24N2.C2H6/c1-10(2)11-5-6-12(14(11)4)7-8-13(3)9-12;1-2/h10-11H,5-9H2,1-4H3;1-2H3. The first kappa shape index (κ1) is 14.0. The molecule has 16 heavy (non-hydrogen) atoms. The number of hydrogen-bond acceptors (Lipinski definition) is 2. The lowest BCUT2D eigenvalue weighted by molar-refractivity contribution is 0.118. The molecule has 2 nitrogen and oxygen atoms in total. The second-order valence-electron chi connectivity index (χ2n) is 5.67. The molecule has 2 saturated heterocycles. The van der Waals surface area contributed by atoms with Gasteiger partial charge in [-0.3, -0.25) is 4.90 Å². The summed E-state index contributed by atoms with van der Waals surface area (Å²) in [5, 5.41) is 0. The molecule has 2 rings (SSSR count). The first-order valence-electron chi connectivity index (χ1n) is 6.97. The smallest absolute Gasteiger partial charge is 0.0349 e. The summed E-state index contributed by atoms with van der Waals surface area (Å²) >= 11 is 0. The van der Waals surface area contributed by atoms with Gasteiger partial charge in [0, 0.05) is 18.1 Å². The van der Waals surface area contributed by atoms with Crippen LogP contribution in [0.5, 0.6) is 0 Å². The van der Waals surface area contributed by atoms with Gasteiger partial charge in [0.2, 0.25) is 0 Å². The summed E-state index contributed by atoms with van der Waals surface area (Å²) in [7, 11) is 4.60. The molecule has 0 aromatic rings. The summed E-state index contributed by atoms with van der Waals surface area (Å²) in [4.78, 5) is 5.17. The molecule has 2 fully saturated rings. The van der Waals surface area contributed by atoms with Crippen LogP contribution in [0.15, 0.2) is 0 Å². The lowest BCUT2D eigenvalue weighted by Gasteiger charge is -2.36. The normalized spacial score (nSPS) is 35.8. The van der Waals surface area contributed by atoms with E-state index >= 15 is 0 Å². The fourth-order valence-electron chi connectivity index (χ4n) is 3.47. The molecular formula is C14H30N2. The van der Waals surface area contributed by atoms with Gasteiger partial charge in [-0.15, -0.1) is 0 Å². The lowest BCUT2D eigenvalue weighted by atomic mass is 9.96. The largest absolute Gasteiger partial charge is 0.304 e. The molecular weight excluding hydrogens is 196 g/mol. The summed E-state index contributed by atoms with van der Waals surface area (Å²) in [6.45, 7) is 11.3. The quantitative estimate of drug-likeness (QED) is 0.678. The van der Waals surface area contributed by atoms with Crippen LogP contribution in [0.3, 0.4) is 0 Å². The fraction of sp³-hybridized carbons (Fsp3) is 1.00. The number of rotatable bonds is 1. The van der Waals surface area contributed by atoms with E-state index in [1.165, 1.54) is 32.4 Å². The third kappa shape index (κ3) is 2.43. The summed E-state index contributed by atoms with van der Waals surface area (Å²) < 4.78 is 0. The minimum Gasteiger partial charge on any atom is -0.304 e. The van der Waals surface area contributed by atoms with E-state index in [2.05, 4.69) is 37.7 Å². The molecule has 2 heterocycles. The predicted octanol–water partition coefficient (Wildman–Crippen LogP) is 2.84. The number of hydrogen-bond donors (Lipinski definition) is 0. The van der Waals surface area contributed by atoms with E-state index in [4.69, 9.17) is 0 Å². The van der Waals surface area contributed by atoms with Gasteiger partial charge < -0.3 is 4.90 Å². The molecule has 0 N–H and O–H groups in total. The predicted molar refractivity (Wildman–Crippen MR) is 71.8 cm³/mol. The van der Waals surface area contributed by atoms with Gasteiger partial charge in [-0.1, -0.05) is 27.7 Å². The average molecular weight is 226 g/mol. The van der Waals surface area contributed by atoms with Gasteiger partial charge in [-0.05, 0) is 45.8 Å². The van der Waals surface area contributed by atoms with Crippen LogP contribution in [0.4, 0.5) is 0 Å². The average Bonchev–Trinajstić information content (AvgIpc) is 2.77. The van der Waals surface area contributed by atoms with Crippen LogP contribution in [0, 0.1) is 5.92 Å². The Labute approximate surface area is 102 Å². The molecule has 1 spiro atoms. The Kier molecular flexibility index (Phi) is 4.81. The molecule has 2 aliphatic heterocycles. The summed E-state index contributed by atoms with van der Waals surface area (Å²) in [6.07, 6.45) is 4.20. The molecule has 2 atom stereocenters. The van der Waals surface area contributed by atoms with Gasteiger partial charge in [-0.25, -0.2) is 0 Å². The van der Waals surface area contributed by atoms with Gasteiger partial charge in [0.05, 0.1) is 0 Å². The topological polar surface area (TPSA) is 6.48 Å². The zero-order valence-electron chi connectivity index (χ0n) is 12.1. The molecule has 0 bridgehead atoms. The highest BCUT2D eigenvalue weighted by molar-refractivity contribution is 5.04. The molecule has 96 valence electrons. The van der Waals surface area contributed by atoms with Crippen LogP contribution in [-0.2, 0) is 0 Å². The van der Waals surface area contributed by atoms with Gasteiger partial charge in [0.15, 0.2) is 0 Å². The van der Waals surface area contributed by atoms with E-state index in [9.17, 15) is 0 Å². The number of nitrogens with zero attached hydrogens (tertiary/aromatic N) is 2. The SMILES string of the molecule is CC.CC(C)C1CCC2(CCN(C)C2)N1C. The van der Waals surface area contributed by atoms with E-state index in [0.717, 1.165) is 12.0 Å². The second kappa shape index (κ2) is 5.50. The molecule has 0 radical (unpaired) electrons. The summed E-state index contributed by atoms with van der Waals surface area (Å²) in [5.74, 6) is 0.810. The Bertz CT molecular complexity index is 215. The first-order valence-corrected chi connectivity index (χ1v) is 6.97. The molecule has 2 heteroatoms. The van der Waals surface area contributed by atoms with Gasteiger partial charge in [-0.2, -0.15) is 0 Å². The van der Waals surface area contributed by atoms with Gasteiger partial charge in [0.1, 0.15) is 0 Å². The zero-order chi connectivity index (χ0) is 12.3. The molecule has 0 aliphatic carbocycles. The molecule has 2 aliphatic rings. The molecule has 0 aromatic carbocycles. The third-order valence-electron chi connectivity index (χ3n) is 4.44. The van der Waals surface area contributed by atoms with Gasteiger partial charge >= 0.3 is 0 Å². The highest BCUT2D eigenvalue weighted by Gasteiger charge is 2.47. The van der Waals surface area contributed by atoms with Crippen LogP contribution < -0.4 is 0 Å². The molecule has 0 aromatic heterocycles. The highest BCUT2D eigenvalue weighted by atomic mass is 15.3. The molecule has 2 unspecified atom stereocenters. The van der Waals surface area contributed by atoms with Crippen LogP contribution >= 0.6 is 0 Å². The van der Waals surface area contributed by atoms with Crippen molar-refractivity contribution in [2.75, 3.05) is 27.2 Å². The summed E-state index contributed by atoms with van der Waals surface area (Å²) in [5.41, 5.74) is 0.531. The van der Waals surface area contributed by atoms with Crippen molar-refractivity contribution in [3.63, 3.8) is 0 Å². The van der Waals surface area contributed by atoms with Crippen molar-refractivity contribution in [2.45, 2.75) is 58.5 Å². The minimum atomic E-state index is 0.531. The van der Waals surface area contributed by atoms with Crippen molar-refractivity contribution in [3.8, 4) is 0 Å². The Hall–Kier alpha value is -0.0800. The van der Waals surface area contributed by atoms with E-state index in [0.29, 0.717) is 5.54 Å². The maximum absolute atomic E-state index is 2.68. The molecule has 0 saturated carbocycles. The van der Waals surface area contributed by atoms with Crippen molar-refractivity contribution in [3.05, 3.63) is 0 Å². The first-order chi connectivity index (χ1) is 7.55. The van der Waals surface area contributed by atoms with E-state index in [1.807, 2.05) is 13.8 Å². The van der Waals surface area contributed by atoms with Crippen LogP contribution in [-0.4, -0.2) is 48.6 Å². The second-order valence-corrected chi connectivity index (χ2v) is 5.67. The number of likely N-dealkylation sites (N-methyl/N-ethyl adjacent to an activating group) is 2. The Morgan fingerprint density at radius 3 is 2.12 bits per heavy atom. The minimum absolute atomic E-state index is 0.531. The third-order valence-corrected chi connectivity index (χ3v) is 4.44. The maximum Gasteiger partial charge on any atom is 0.0349 e. The highest BCUT2D eigenvalue weighted by Crippen LogP contribution is 2.41. The van der Waals surface area contributed by atoms with Crippen molar-refractivity contribution >= 4 is 0 Å². The number of likely N-dealkylation sites (tertiary alicyclic amines) is 2. The zero-order valence-corrected chi connectivity index (χ0v) is 12.1. The monoisotopic (exact) mass is 226 g/mol. The van der Waals surface area contributed by atoms with E-state index in [-0.39, 0.29) is 0 Å². The van der Waals surface area contributed by atoms with Crippen molar-refractivity contribution < 1.29 is 0 Å². The van der Waals surface area contributed by atoms with E-state index in [1.54, 1.807) is 0 Å². The lowest BCUT2D eigenvalue weighted by Crippen LogP contribution is -2.47. The fourth-order valence-corrected chi connectivity index (χ4v) is 3.47. The van der Waals surface area contributed by atoms with Crippen LogP contribution in [0.25, 0.3) is 0 Å². The Balaban J connectivity index is 0.000000606. The van der Waals surface area contributed by atoms with Crippen LogP contribution in [0.1, 0.15) is 47.0 Å². The Morgan fingerprint density at radius 1 is 1.12 bits per heavy atom. The maximum atomic E-state index is 2.68. The van der Waals surface area contributed by atoms with Crippen molar-refractivity contribution in [1.29, 1.82) is 0 Å². The van der Waals surface area contributed by atoms with Crippen molar-refractivity contribution in [1.82, 2.24) is 9.80 Å². The molecule has 0 amide bonds. The summed E-state index contributed by atoms with van der Waals surface area (Å²) in [6, 6.07) is 0.821. The van der Waals surface area contributed by atoms with Crippen molar-refractivity contribution in [2.24, 2.45) is 5.92 Å². The van der Waals surface area contributed by atoms with Crippen LogP contribution in [0.2, 0.25) is 0 Å².